The fraction of sp³-hybridized carbons (Fsp3) is 0.600. The van der Waals surface area contributed by atoms with E-state index in [0.717, 1.165) is 12.0 Å². The third kappa shape index (κ3) is 3.35. The zero-order valence-corrected chi connectivity index (χ0v) is 12.7. The molecule has 5 heteroatoms. The Kier molecular flexibility index (Phi) is 6.61. The molecule has 0 aliphatic heterocycles. The molecule has 0 heterocycles. The van der Waals surface area contributed by atoms with E-state index in [-0.39, 0.29) is 18.6 Å². The average molecular weight is 283 g/mol. The van der Waals surface area contributed by atoms with Crippen molar-refractivity contribution in [2.45, 2.75) is 31.7 Å². The number of hydrogen-bond acceptors (Lipinski definition) is 5. The van der Waals surface area contributed by atoms with E-state index in [2.05, 4.69) is 0 Å². The highest BCUT2D eigenvalue weighted by atomic mass is 16.5. The lowest BCUT2D eigenvalue weighted by Crippen LogP contribution is -2.28. The summed E-state index contributed by atoms with van der Waals surface area (Å²) in [6, 6.07) is 3.72. The van der Waals surface area contributed by atoms with Gasteiger partial charge in [0.05, 0.1) is 21.3 Å². The number of nitrogens with two attached hydrogens (primary N) is 1. The summed E-state index contributed by atoms with van der Waals surface area (Å²) in [6.45, 7) is 2.11. The Morgan fingerprint density at radius 1 is 1.10 bits per heavy atom. The van der Waals surface area contributed by atoms with Crippen molar-refractivity contribution in [1.29, 1.82) is 0 Å². The van der Waals surface area contributed by atoms with Gasteiger partial charge in [0.25, 0.3) is 0 Å². The van der Waals surface area contributed by atoms with Gasteiger partial charge in [-0.05, 0) is 18.9 Å². The van der Waals surface area contributed by atoms with Gasteiger partial charge in [-0.1, -0.05) is 13.0 Å². The number of aliphatic hydroxyl groups is 1. The maximum Gasteiger partial charge on any atom is 0.203 e. The van der Waals surface area contributed by atoms with Crippen LogP contribution in [-0.2, 0) is 0 Å². The topological polar surface area (TPSA) is 73.9 Å². The molecule has 3 N–H and O–H groups in total. The largest absolute Gasteiger partial charge is 0.493 e. The first-order chi connectivity index (χ1) is 9.64. The predicted molar refractivity (Wildman–Crippen MR) is 78.8 cm³/mol. The Morgan fingerprint density at radius 3 is 2.20 bits per heavy atom. The number of aliphatic hydroxyl groups excluding tert-OH is 1. The van der Waals surface area contributed by atoms with Gasteiger partial charge in [-0.15, -0.1) is 0 Å². The van der Waals surface area contributed by atoms with Gasteiger partial charge in [-0.25, -0.2) is 0 Å². The summed E-state index contributed by atoms with van der Waals surface area (Å²) in [7, 11) is 4.75. The molecular formula is C15H25NO4. The molecule has 5 nitrogen and oxygen atoms in total. The van der Waals surface area contributed by atoms with Crippen LogP contribution in [0.2, 0.25) is 0 Å². The SMILES string of the molecule is CCC(N)C(CCO)c1ccc(OC)c(OC)c1OC. The molecule has 1 aromatic rings. The van der Waals surface area contributed by atoms with Crippen LogP contribution in [0.25, 0.3) is 0 Å². The number of benzene rings is 1. The Hall–Kier alpha value is -1.46. The van der Waals surface area contributed by atoms with E-state index >= 15 is 0 Å². The monoisotopic (exact) mass is 283 g/mol. The minimum absolute atomic E-state index is 0.0137. The van der Waals surface area contributed by atoms with Gasteiger partial charge in [0, 0.05) is 24.1 Å². The highest BCUT2D eigenvalue weighted by Gasteiger charge is 2.25. The van der Waals surface area contributed by atoms with Crippen molar-refractivity contribution in [2.24, 2.45) is 5.73 Å². The second-order valence-electron chi connectivity index (χ2n) is 4.61. The Labute approximate surface area is 120 Å². The third-order valence-electron chi connectivity index (χ3n) is 3.56. The molecule has 114 valence electrons. The van der Waals surface area contributed by atoms with Crippen molar-refractivity contribution in [3.8, 4) is 17.2 Å². The van der Waals surface area contributed by atoms with E-state index in [4.69, 9.17) is 19.9 Å². The van der Waals surface area contributed by atoms with E-state index in [1.807, 2.05) is 19.1 Å². The zero-order chi connectivity index (χ0) is 15.1. The fourth-order valence-corrected chi connectivity index (χ4v) is 2.44. The molecule has 1 aromatic carbocycles. The van der Waals surface area contributed by atoms with E-state index in [9.17, 15) is 5.11 Å². The summed E-state index contributed by atoms with van der Waals surface area (Å²) < 4.78 is 16.2. The van der Waals surface area contributed by atoms with Crippen LogP contribution in [0.4, 0.5) is 0 Å². The van der Waals surface area contributed by atoms with Crippen molar-refractivity contribution in [3.05, 3.63) is 17.7 Å². The maximum atomic E-state index is 9.28. The van der Waals surface area contributed by atoms with Crippen LogP contribution >= 0.6 is 0 Å². The molecule has 0 fully saturated rings. The minimum atomic E-state index is -0.0471. The summed E-state index contributed by atoms with van der Waals surface area (Å²) in [6.07, 6.45) is 1.41. The summed E-state index contributed by atoms with van der Waals surface area (Å²) in [5.74, 6) is 1.80. The predicted octanol–water partition coefficient (Wildman–Crippen LogP) is 1.92. The third-order valence-corrected chi connectivity index (χ3v) is 3.56. The second kappa shape index (κ2) is 7.97. The Bertz CT molecular complexity index is 423. The van der Waals surface area contributed by atoms with Crippen LogP contribution < -0.4 is 19.9 Å². The Balaban J connectivity index is 3.33. The summed E-state index contributed by atoms with van der Waals surface area (Å²) in [5.41, 5.74) is 7.12. The lowest BCUT2D eigenvalue weighted by molar-refractivity contribution is 0.262. The molecule has 0 saturated heterocycles. The van der Waals surface area contributed by atoms with Crippen molar-refractivity contribution in [1.82, 2.24) is 0 Å². The molecule has 0 spiro atoms. The lowest BCUT2D eigenvalue weighted by atomic mass is 9.87. The van der Waals surface area contributed by atoms with Gasteiger partial charge in [-0.3, -0.25) is 0 Å². The molecule has 0 saturated carbocycles. The molecule has 20 heavy (non-hydrogen) atoms. The van der Waals surface area contributed by atoms with Gasteiger partial charge in [-0.2, -0.15) is 0 Å². The number of ether oxygens (including phenoxy) is 3. The van der Waals surface area contributed by atoms with Crippen LogP contribution in [-0.4, -0.2) is 39.1 Å². The van der Waals surface area contributed by atoms with Gasteiger partial charge in [0.15, 0.2) is 11.5 Å². The minimum Gasteiger partial charge on any atom is -0.493 e. The van der Waals surface area contributed by atoms with Crippen LogP contribution in [0.3, 0.4) is 0 Å². The molecule has 2 unspecified atom stereocenters. The standard InChI is InChI=1S/C15H25NO4/c1-5-12(16)10(8-9-17)11-6-7-13(18-2)15(20-4)14(11)19-3/h6-7,10,12,17H,5,8-9,16H2,1-4H3. The number of hydrogen-bond donors (Lipinski definition) is 2. The smallest absolute Gasteiger partial charge is 0.203 e. The fourth-order valence-electron chi connectivity index (χ4n) is 2.44. The average Bonchev–Trinajstić information content (AvgIpc) is 2.50. The molecule has 1 rings (SSSR count). The van der Waals surface area contributed by atoms with Crippen molar-refractivity contribution >= 4 is 0 Å². The first kappa shape index (κ1) is 16.6. The molecule has 0 radical (unpaired) electrons. The van der Waals surface area contributed by atoms with E-state index in [0.29, 0.717) is 23.7 Å². The molecule has 2 atom stereocenters. The first-order valence-corrected chi connectivity index (χ1v) is 6.79. The molecule has 0 bridgehead atoms. The first-order valence-electron chi connectivity index (χ1n) is 6.79. The number of methoxy groups -OCH3 is 3. The molecule has 0 aliphatic rings. The quantitative estimate of drug-likeness (QED) is 0.762. The normalized spacial score (nSPS) is 13.7. The molecule has 0 aliphatic carbocycles. The van der Waals surface area contributed by atoms with Crippen molar-refractivity contribution in [2.75, 3.05) is 27.9 Å². The highest BCUT2D eigenvalue weighted by Crippen LogP contribution is 2.44. The van der Waals surface area contributed by atoms with Gasteiger partial charge < -0.3 is 25.1 Å². The molecule has 0 aromatic heterocycles. The van der Waals surface area contributed by atoms with E-state index < -0.39 is 0 Å². The van der Waals surface area contributed by atoms with Gasteiger partial charge >= 0.3 is 0 Å². The van der Waals surface area contributed by atoms with Gasteiger partial charge in [0.1, 0.15) is 0 Å². The van der Waals surface area contributed by atoms with Crippen LogP contribution in [0.15, 0.2) is 12.1 Å². The Morgan fingerprint density at radius 2 is 1.75 bits per heavy atom. The van der Waals surface area contributed by atoms with E-state index in [1.165, 1.54) is 0 Å². The summed E-state index contributed by atoms with van der Waals surface area (Å²) >= 11 is 0. The van der Waals surface area contributed by atoms with Crippen molar-refractivity contribution < 1.29 is 19.3 Å². The number of rotatable bonds is 8. The lowest BCUT2D eigenvalue weighted by Gasteiger charge is -2.26. The summed E-state index contributed by atoms with van der Waals surface area (Å²) in [4.78, 5) is 0. The van der Waals surface area contributed by atoms with Crippen LogP contribution in [0.5, 0.6) is 17.2 Å². The summed E-state index contributed by atoms with van der Waals surface area (Å²) in [5, 5.41) is 9.28. The zero-order valence-electron chi connectivity index (χ0n) is 12.7. The van der Waals surface area contributed by atoms with Gasteiger partial charge in [0.2, 0.25) is 5.75 Å². The second-order valence-corrected chi connectivity index (χ2v) is 4.61. The highest BCUT2D eigenvalue weighted by molar-refractivity contribution is 5.57. The molecule has 0 amide bonds. The molecular weight excluding hydrogens is 258 g/mol. The van der Waals surface area contributed by atoms with E-state index in [1.54, 1.807) is 21.3 Å². The van der Waals surface area contributed by atoms with Crippen molar-refractivity contribution in [3.63, 3.8) is 0 Å². The van der Waals surface area contributed by atoms with Crippen LogP contribution in [0.1, 0.15) is 31.2 Å². The van der Waals surface area contributed by atoms with Crippen LogP contribution in [0, 0.1) is 0 Å². The maximum absolute atomic E-state index is 9.28.